The molecule has 0 spiro atoms. The van der Waals surface area contributed by atoms with Crippen molar-refractivity contribution in [2.45, 2.75) is 27.7 Å². The standard InChI is InChI=1S/C20H16S3/c1-9-5-13-15(7-11(9)3)21-19-17(13)23-18-14-6-10(2)12(4)8-16(14)22-20(18)19/h5-8H,1-4H3. The van der Waals surface area contributed by atoms with E-state index in [1.54, 1.807) is 0 Å². The lowest BCUT2D eigenvalue weighted by Crippen LogP contribution is -1.78. The van der Waals surface area contributed by atoms with Gasteiger partial charge in [-0.05, 0) is 74.2 Å². The Hall–Kier alpha value is -1.42. The second kappa shape index (κ2) is 4.56. The quantitative estimate of drug-likeness (QED) is 0.267. The van der Waals surface area contributed by atoms with Gasteiger partial charge in [0.2, 0.25) is 0 Å². The van der Waals surface area contributed by atoms with Crippen LogP contribution in [0.15, 0.2) is 24.3 Å². The van der Waals surface area contributed by atoms with Gasteiger partial charge in [0, 0.05) is 20.2 Å². The molecule has 0 unspecified atom stereocenters. The van der Waals surface area contributed by atoms with Gasteiger partial charge in [-0.25, -0.2) is 0 Å². The lowest BCUT2D eigenvalue weighted by Gasteiger charge is -1.99. The molecule has 0 amide bonds. The number of thiophene rings is 3. The number of benzene rings is 2. The van der Waals surface area contributed by atoms with Gasteiger partial charge in [0.15, 0.2) is 0 Å². The highest BCUT2D eigenvalue weighted by atomic mass is 32.1. The van der Waals surface area contributed by atoms with Crippen molar-refractivity contribution in [1.29, 1.82) is 0 Å². The first-order valence-corrected chi connectivity index (χ1v) is 10.2. The van der Waals surface area contributed by atoms with Gasteiger partial charge < -0.3 is 0 Å². The van der Waals surface area contributed by atoms with E-state index >= 15 is 0 Å². The maximum absolute atomic E-state index is 2.38. The minimum atomic E-state index is 1.39. The SMILES string of the molecule is Cc1cc2sc3c(sc4c5cc(C)c(C)cc5sc43)c2cc1C. The highest BCUT2D eigenvalue weighted by Gasteiger charge is 2.17. The topological polar surface area (TPSA) is 0 Å². The first kappa shape index (κ1) is 14.0. The van der Waals surface area contributed by atoms with Crippen LogP contribution in [-0.2, 0) is 0 Å². The highest BCUT2D eigenvalue weighted by Crippen LogP contribution is 2.50. The molecule has 114 valence electrons. The second-order valence-electron chi connectivity index (χ2n) is 6.49. The Kier molecular flexibility index (Phi) is 2.77. The molecule has 3 aromatic heterocycles. The molecule has 0 aliphatic rings. The third-order valence-corrected chi connectivity index (χ3v) is 8.91. The summed E-state index contributed by atoms with van der Waals surface area (Å²) in [5.41, 5.74) is 5.58. The van der Waals surface area contributed by atoms with Gasteiger partial charge in [-0.1, -0.05) is 0 Å². The Morgan fingerprint density at radius 1 is 0.478 bits per heavy atom. The van der Waals surface area contributed by atoms with E-state index in [0.717, 1.165) is 0 Å². The minimum absolute atomic E-state index is 1.39. The smallest absolute Gasteiger partial charge is 0.0642 e. The van der Waals surface area contributed by atoms with Crippen molar-refractivity contribution in [3.05, 3.63) is 46.5 Å². The number of hydrogen-bond acceptors (Lipinski definition) is 3. The summed E-state index contributed by atoms with van der Waals surface area (Å²) in [7, 11) is 0. The van der Waals surface area contributed by atoms with Gasteiger partial charge >= 0.3 is 0 Å². The summed E-state index contributed by atoms with van der Waals surface area (Å²) in [4.78, 5) is 0. The van der Waals surface area contributed by atoms with Gasteiger partial charge in [-0.15, -0.1) is 34.0 Å². The lowest BCUT2D eigenvalue weighted by molar-refractivity contribution is 1.37. The van der Waals surface area contributed by atoms with Crippen molar-refractivity contribution < 1.29 is 0 Å². The van der Waals surface area contributed by atoms with Gasteiger partial charge in [-0.2, -0.15) is 0 Å². The summed E-state index contributed by atoms with van der Waals surface area (Å²) in [6.07, 6.45) is 0. The van der Waals surface area contributed by atoms with E-state index in [-0.39, 0.29) is 0 Å². The van der Waals surface area contributed by atoms with Crippen LogP contribution in [-0.4, -0.2) is 0 Å². The van der Waals surface area contributed by atoms with Crippen LogP contribution in [0.2, 0.25) is 0 Å². The molecule has 2 aromatic carbocycles. The van der Waals surface area contributed by atoms with Crippen molar-refractivity contribution in [2.24, 2.45) is 0 Å². The van der Waals surface area contributed by atoms with Gasteiger partial charge in [0.25, 0.3) is 0 Å². The molecule has 5 aromatic rings. The zero-order valence-electron chi connectivity index (χ0n) is 13.5. The molecule has 0 fully saturated rings. The van der Waals surface area contributed by atoms with E-state index in [4.69, 9.17) is 0 Å². The van der Waals surface area contributed by atoms with Gasteiger partial charge in [-0.3, -0.25) is 0 Å². The van der Waals surface area contributed by atoms with Crippen LogP contribution in [0.4, 0.5) is 0 Å². The predicted molar refractivity (Wildman–Crippen MR) is 109 cm³/mol. The maximum atomic E-state index is 2.38. The number of rotatable bonds is 0. The zero-order chi connectivity index (χ0) is 15.9. The van der Waals surface area contributed by atoms with Crippen LogP contribution in [0.5, 0.6) is 0 Å². The molecule has 3 heteroatoms. The Balaban J connectivity index is 1.98. The molecular formula is C20H16S3. The molecule has 0 nitrogen and oxygen atoms in total. The molecule has 0 saturated carbocycles. The van der Waals surface area contributed by atoms with Crippen LogP contribution in [0, 0.1) is 27.7 Å². The Labute approximate surface area is 147 Å². The third kappa shape index (κ3) is 1.81. The van der Waals surface area contributed by atoms with Crippen molar-refractivity contribution in [3.63, 3.8) is 0 Å². The van der Waals surface area contributed by atoms with E-state index in [9.17, 15) is 0 Å². The molecule has 3 heterocycles. The van der Waals surface area contributed by atoms with Gasteiger partial charge in [0.1, 0.15) is 0 Å². The summed E-state index contributed by atoms with van der Waals surface area (Å²) >= 11 is 5.91. The van der Waals surface area contributed by atoms with E-state index < -0.39 is 0 Å². The fourth-order valence-electron chi connectivity index (χ4n) is 3.26. The van der Waals surface area contributed by atoms with Crippen molar-refractivity contribution in [2.75, 3.05) is 0 Å². The monoisotopic (exact) mass is 352 g/mol. The van der Waals surface area contributed by atoms with Crippen molar-refractivity contribution in [3.8, 4) is 0 Å². The minimum Gasteiger partial charge on any atom is -0.133 e. The summed E-state index contributed by atoms with van der Waals surface area (Å²) in [5.74, 6) is 0. The van der Waals surface area contributed by atoms with Crippen molar-refractivity contribution >= 4 is 73.0 Å². The molecule has 0 aliphatic carbocycles. The summed E-state index contributed by atoms with van der Waals surface area (Å²) in [6, 6.07) is 9.47. The zero-order valence-corrected chi connectivity index (χ0v) is 16.0. The first-order valence-electron chi connectivity index (χ1n) is 7.78. The van der Waals surface area contributed by atoms with Gasteiger partial charge in [0.05, 0.1) is 18.8 Å². The van der Waals surface area contributed by atoms with Crippen LogP contribution in [0.3, 0.4) is 0 Å². The molecule has 0 bridgehead atoms. The highest BCUT2D eigenvalue weighted by molar-refractivity contribution is 7.43. The number of aryl methyl sites for hydroxylation is 4. The summed E-state index contributed by atoms with van der Waals surface area (Å²) in [6.45, 7) is 8.86. The normalized spacial score (nSPS) is 12.3. The van der Waals surface area contributed by atoms with Crippen LogP contribution in [0.25, 0.3) is 39.0 Å². The molecule has 0 radical (unpaired) electrons. The fraction of sp³-hybridized carbons (Fsp3) is 0.200. The van der Waals surface area contributed by atoms with Crippen molar-refractivity contribution in [1.82, 2.24) is 0 Å². The van der Waals surface area contributed by atoms with E-state index in [0.29, 0.717) is 0 Å². The van der Waals surface area contributed by atoms with Crippen LogP contribution in [0.1, 0.15) is 22.3 Å². The van der Waals surface area contributed by atoms with E-state index in [2.05, 4.69) is 52.0 Å². The Morgan fingerprint density at radius 2 is 0.870 bits per heavy atom. The summed E-state index contributed by atoms with van der Waals surface area (Å²) < 4.78 is 8.80. The van der Waals surface area contributed by atoms with Crippen LogP contribution < -0.4 is 0 Å². The molecule has 0 saturated heterocycles. The molecule has 0 N–H and O–H groups in total. The molecule has 0 aliphatic heterocycles. The average molecular weight is 353 g/mol. The number of fused-ring (bicyclic) bond motifs is 7. The second-order valence-corrected chi connectivity index (χ2v) is 9.61. The third-order valence-electron chi connectivity index (χ3n) is 4.93. The Morgan fingerprint density at radius 3 is 1.30 bits per heavy atom. The molecular weight excluding hydrogens is 336 g/mol. The van der Waals surface area contributed by atoms with Crippen LogP contribution >= 0.6 is 34.0 Å². The predicted octanol–water partition coefficient (Wildman–Crippen LogP) is 7.72. The first-order chi connectivity index (χ1) is 11.0. The molecule has 0 atom stereocenters. The lowest BCUT2D eigenvalue weighted by atomic mass is 10.1. The maximum Gasteiger partial charge on any atom is 0.0642 e. The Bertz CT molecular complexity index is 1150. The largest absolute Gasteiger partial charge is 0.133 e. The van der Waals surface area contributed by atoms with E-state index in [1.165, 1.54) is 61.2 Å². The molecule has 5 rings (SSSR count). The average Bonchev–Trinajstić information content (AvgIpc) is 3.11. The summed E-state index contributed by atoms with van der Waals surface area (Å²) in [5, 5.41) is 2.89. The number of hydrogen-bond donors (Lipinski definition) is 0. The fourth-order valence-corrected chi connectivity index (χ4v) is 7.67. The molecule has 23 heavy (non-hydrogen) atoms. The van der Waals surface area contributed by atoms with E-state index in [1.807, 2.05) is 34.0 Å².